The summed E-state index contributed by atoms with van der Waals surface area (Å²) < 4.78 is 0. The van der Waals surface area contributed by atoms with Gasteiger partial charge >= 0.3 is 0 Å². The van der Waals surface area contributed by atoms with E-state index in [0.717, 1.165) is 41.7 Å². The number of fused-ring (bicyclic) bond motifs is 1. The number of hydrogen-bond donors (Lipinski definition) is 1. The largest absolute Gasteiger partial charge is 0.363 e. The first-order chi connectivity index (χ1) is 10.6. The van der Waals surface area contributed by atoms with E-state index in [4.69, 9.17) is 5.73 Å². The summed E-state index contributed by atoms with van der Waals surface area (Å²) in [6.45, 7) is 1.31. The van der Waals surface area contributed by atoms with Crippen LogP contribution >= 0.6 is 0 Å². The first-order valence-electron chi connectivity index (χ1n) is 7.70. The van der Waals surface area contributed by atoms with E-state index in [9.17, 15) is 4.79 Å². The molecule has 5 nitrogen and oxygen atoms in total. The second-order valence-corrected chi connectivity index (χ2v) is 5.97. The molecule has 1 atom stereocenters. The maximum absolute atomic E-state index is 13.0. The third-order valence-electron chi connectivity index (χ3n) is 4.30. The number of rotatable bonds is 3. The molecule has 1 aliphatic rings. The Balaban J connectivity index is 2.10. The first kappa shape index (κ1) is 14.8. The second-order valence-electron chi connectivity index (χ2n) is 5.97. The van der Waals surface area contributed by atoms with Gasteiger partial charge < -0.3 is 15.5 Å². The van der Waals surface area contributed by atoms with Crippen LogP contribution in [0.1, 0.15) is 23.2 Å². The topological polar surface area (TPSA) is 62.5 Å². The molecule has 0 saturated carbocycles. The van der Waals surface area contributed by atoms with E-state index >= 15 is 0 Å². The van der Waals surface area contributed by atoms with E-state index in [0.29, 0.717) is 6.54 Å². The van der Waals surface area contributed by atoms with E-state index in [2.05, 4.69) is 4.98 Å². The SMILES string of the molecule is CN(C)c1cc(C(=O)N2CCCC2CN)c2ccccc2n1. The van der Waals surface area contributed by atoms with Gasteiger partial charge in [-0.25, -0.2) is 4.98 Å². The third-order valence-corrected chi connectivity index (χ3v) is 4.30. The quantitative estimate of drug-likeness (QED) is 0.939. The molecule has 116 valence electrons. The molecule has 1 saturated heterocycles. The average molecular weight is 298 g/mol. The summed E-state index contributed by atoms with van der Waals surface area (Å²) in [4.78, 5) is 21.5. The van der Waals surface area contributed by atoms with Gasteiger partial charge in [0.1, 0.15) is 5.82 Å². The summed E-state index contributed by atoms with van der Waals surface area (Å²) >= 11 is 0. The number of anilines is 1. The van der Waals surface area contributed by atoms with Crippen molar-refractivity contribution in [3.63, 3.8) is 0 Å². The van der Waals surface area contributed by atoms with Crippen molar-refractivity contribution in [2.45, 2.75) is 18.9 Å². The van der Waals surface area contributed by atoms with E-state index in [1.165, 1.54) is 0 Å². The summed E-state index contributed by atoms with van der Waals surface area (Å²) in [6.07, 6.45) is 2.02. The van der Waals surface area contributed by atoms with Gasteiger partial charge in [-0.3, -0.25) is 4.79 Å². The molecule has 0 spiro atoms. The lowest BCUT2D eigenvalue weighted by molar-refractivity contribution is 0.0743. The van der Waals surface area contributed by atoms with Gasteiger partial charge in [-0.15, -0.1) is 0 Å². The van der Waals surface area contributed by atoms with Crippen LogP contribution in [-0.2, 0) is 0 Å². The Morgan fingerprint density at radius 1 is 1.41 bits per heavy atom. The highest BCUT2D eigenvalue weighted by Gasteiger charge is 2.29. The molecule has 5 heteroatoms. The minimum absolute atomic E-state index is 0.0645. The summed E-state index contributed by atoms with van der Waals surface area (Å²) in [7, 11) is 3.87. The number of para-hydroxylation sites is 1. The van der Waals surface area contributed by atoms with E-state index in [-0.39, 0.29) is 11.9 Å². The lowest BCUT2D eigenvalue weighted by Crippen LogP contribution is -2.40. The van der Waals surface area contributed by atoms with Gasteiger partial charge in [0.25, 0.3) is 5.91 Å². The number of amides is 1. The van der Waals surface area contributed by atoms with Crippen molar-refractivity contribution in [2.75, 3.05) is 32.1 Å². The fraction of sp³-hybridized carbons (Fsp3) is 0.412. The van der Waals surface area contributed by atoms with Crippen molar-refractivity contribution >= 4 is 22.6 Å². The summed E-state index contributed by atoms with van der Waals surface area (Å²) in [6, 6.07) is 9.84. The molecule has 0 bridgehead atoms. The van der Waals surface area contributed by atoms with Gasteiger partial charge in [-0.05, 0) is 25.0 Å². The van der Waals surface area contributed by atoms with Crippen molar-refractivity contribution in [2.24, 2.45) is 5.73 Å². The Morgan fingerprint density at radius 3 is 2.91 bits per heavy atom. The molecule has 22 heavy (non-hydrogen) atoms. The summed E-state index contributed by atoms with van der Waals surface area (Å²) in [5.74, 6) is 0.861. The Kier molecular flexibility index (Phi) is 3.98. The lowest BCUT2D eigenvalue weighted by atomic mass is 10.1. The number of nitrogens with two attached hydrogens (primary N) is 1. The van der Waals surface area contributed by atoms with Crippen LogP contribution in [-0.4, -0.2) is 49.0 Å². The normalized spacial score (nSPS) is 18.0. The van der Waals surface area contributed by atoms with Crippen molar-refractivity contribution in [1.29, 1.82) is 0 Å². The van der Waals surface area contributed by atoms with Gasteiger partial charge in [0.2, 0.25) is 0 Å². The number of nitrogens with zero attached hydrogens (tertiary/aromatic N) is 3. The molecule has 1 aromatic heterocycles. The lowest BCUT2D eigenvalue weighted by Gasteiger charge is -2.25. The molecule has 1 unspecified atom stereocenters. The summed E-state index contributed by atoms with van der Waals surface area (Å²) in [5.41, 5.74) is 7.38. The number of aromatic nitrogens is 1. The minimum atomic E-state index is 0.0645. The Morgan fingerprint density at radius 2 is 2.18 bits per heavy atom. The zero-order chi connectivity index (χ0) is 15.7. The monoisotopic (exact) mass is 298 g/mol. The standard InChI is InChI=1S/C17H22N4O/c1-20(2)16-10-14(13-7-3-4-8-15(13)19-16)17(22)21-9-5-6-12(21)11-18/h3-4,7-8,10,12H,5-6,9,11,18H2,1-2H3. The number of carbonyl (C=O) groups is 1. The maximum atomic E-state index is 13.0. The molecular weight excluding hydrogens is 276 g/mol. The van der Waals surface area contributed by atoms with Crippen LogP contribution in [0, 0.1) is 0 Å². The number of hydrogen-bond acceptors (Lipinski definition) is 4. The molecule has 2 aromatic rings. The van der Waals surface area contributed by atoms with Gasteiger partial charge in [0.05, 0.1) is 11.1 Å². The van der Waals surface area contributed by atoms with Crippen LogP contribution in [0.5, 0.6) is 0 Å². The zero-order valence-corrected chi connectivity index (χ0v) is 13.1. The predicted molar refractivity (Wildman–Crippen MR) is 89.2 cm³/mol. The third kappa shape index (κ3) is 2.52. The fourth-order valence-electron chi connectivity index (χ4n) is 3.07. The maximum Gasteiger partial charge on any atom is 0.254 e. The van der Waals surface area contributed by atoms with Crippen LogP contribution in [0.3, 0.4) is 0 Å². The van der Waals surface area contributed by atoms with Gasteiger partial charge in [0, 0.05) is 38.6 Å². The van der Waals surface area contributed by atoms with Crippen LogP contribution < -0.4 is 10.6 Å². The minimum Gasteiger partial charge on any atom is -0.363 e. The molecule has 0 radical (unpaired) electrons. The van der Waals surface area contributed by atoms with Crippen molar-refractivity contribution < 1.29 is 4.79 Å². The Bertz CT molecular complexity index is 698. The Labute approximate surface area is 130 Å². The molecule has 2 N–H and O–H groups in total. The highest BCUT2D eigenvalue weighted by atomic mass is 16.2. The predicted octanol–water partition coefficient (Wildman–Crippen LogP) is 1.86. The van der Waals surface area contributed by atoms with E-state index < -0.39 is 0 Å². The van der Waals surface area contributed by atoms with Crippen LogP contribution in [0.2, 0.25) is 0 Å². The molecule has 1 fully saturated rings. The van der Waals surface area contributed by atoms with Gasteiger partial charge in [-0.2, -0.15) is 0 Å². The van der Waals surface area contributed by atoms with Crippen LogP contribution in [0.4, 0.5) is 5.82 Å². The van der Waals surface area contributed by atoms with Crippen LogP contribution in [0.15, 0.2) is 30.3 Å². The number of benzene rings is 1. The zero-order valence-electron chi connectivity index (χ0n) is 13.1. The van der Waals surface area contributed by atoms with Gasteiger partial charge in [-0.1, -0.05) is 18.2 Å². The number of pyridine rings is 1. The molecule has 1 aromatic carbocycles. The van der Waals surface area contributed by atoms with E-state index in [1.54, 1.807) is 0 Å². The summed E-state index contributed by atoms with van der Waals surface area (Å²) in [5, 5.41) is 0.903. The first-order valence-corrected chi connectivity index (χ1v) is 7.70. The van der Waals surface area contributed by atoms with Crippen LogP contribution in [0.25, 0.3) is 10.9 Å². The van der Waals surface area contributed by atoms with Crippen molar-refractivity contribution in [3.05, 3.63) is 35.9 Å². The molecular formula is C17H22N4O. The van der Waals surface area contributed by atoms with E-state index in [1.807, 2.05) is 54.2 Å². The number of carbonyl (C=O) groups excluding carboxylic acids is 1. The molecule has 0 aliphatic carbocycles. The van der Waals surface area contributed by atoms with Crippen molar-refractivity contribution in [3.8, 4) is 0 Å². The second kappa shape index (κ2) is 5.93. The molecule has 3 rings (SSSR count). The number of likely N-dealkylation sites (tertiary alicyclic amines) is 1. The van der Waals surface area contributed by atoms with Gasteiger partial charge in [0.15, 0.2) is 0 Å². The average Bonchev–Trinajstić information content (AvgIpc) is 3.01. The Hall–Kier alpha value is -2.14. The molecule has 2 heterocycles. The smallest absolute Gasteiger partial charge is 0.254 e. The highest BCUT2D eigenvalue weighted by molar-refractivity contribution is 6.07. The molecule has 1 aliphatic heterocycles. The fourth-order valence-corrected chi connectivity index (χ4v) is 3.07. The molecule has 1 amide bonds. The highest BCUT2D eigenvalue weighted by Crippen LogP contribution is 2.26. The van der Waals surface area contributed by atoms with Crippen molar-refractivity contribution in [1.82, 2.24) is 9.88 Å².